The molecule has 0 saturated carbocycles. The molecular formula is C17H13ClN4O3. The number of pyridine rings is 1. The van der Waals surface area contributed by atoms with E-state index in [-0.39, 0.29) is 10.8 Å². The fourth-order valence-corrected chi connectivity index (χ4v) is 2.60. The second kappa shape index (κ2) is 6.74. The molecule has 0 atom stereocenters. The molecule has 2 aromatic heterocycles. The molecule has 25 heavy (non-hydrogen) atoms. The predicted octanol–water partition coefficient (Wildman–Crippen LogP) is 3.86. The maximum absolute atomic E-state index is 12.1. The number of amides is 1. The quantitative estimate of drug-likeness (QED) is 0.436. The van der Waals surface area contributed by atoms with Gasteiger partial charge in [0.15, 0.2) is 5.15 Å². The number of fused-ring (bicyclic) bond motifs is 1. The van der Waals surface area contributed by atoms with Gasteiger partial charge in [-0.2, -0.15) is 0 Å². The summed E-state index contributed by atoms with van der Waals surface area (Å²) in [5, 5.41) is 13.8. The number of hydrogen-bond acceptors (Lipinski definition) is 4. The Morgan fingerprint density at radius 3 is 2.92 bits per heavy atom. The molecule has 2 heterocycles. The molecule has 0 spiro atoms. The van der Waals surface area contributed by atoms with Crippen molar-refractivity contribution in [1.29, 1.82) is 0 Å². The molecule has 0 fully saturated rings. The SMILES string of the molecule is Cc1ccc(NC(=O)/C=C/c2c(Cl)nc3ccccn23)cc1[N+](=O)[O-]. The zero-order valence-electron chi connectivity index (χ0n) is 13.1. The maximum Gasteiger partial charge on any atom is 0.274 e. The number of benzene rings is 1. The van der Waals surface area contributed by atoms with Crippen molar-refractivity contribution < 1.29 is 9.72 Å². The molecule has 1 aromatic carbocycles. The summed E-state index contributed by atoms with van der Waals surface area (Å²) in [4.78, 5) is 26.7. The summed E-state index contributed by atoms with van der Waals surface area (Å²) >= 11 is 6.09. The van der Waals surface area contributed by atoms with Crippen molar-refractivity contribution >= 4 is 40.6 Å². The van der Waals surface area contributed by atoms with Gasteiger partial charge in [0.25, 0.3) is 5.69 Å². The zero-order chi connectivity index (χ0) is 18.0. The molecule has 3 aromatic rings. The van der Waals surface area contributed by atoms with Crippen LogP contribution in [0.25, 0.3) is 11.7 Å². The predicted molar refractivity (Wildman–Crippen MR) is 95.7 cm³/mol. The van der Waals surface area contributed by atoms with Crippen molar-refractivity contribution in [3.05, 3.63) is 75.2 Å². The largest absolute Gasteiger partial charge is 0.322 e. The van der Waals surface area contributed by atoms with E-state index in [4.69, 9.17) is 11.6 Å². The van der Waals surface area contributed by atoms with E-state index in [0.29, 0.717) is 22.6 Å². The Bertz CT molecular complexity index is 1010. The average Bonchev–Trinajstić information content (AvgIpc) is 2.89. The van der Waals surface area contributed by atoms with Gasteiger partial charge in [-0.1, -0.05) is 23.7 Å². The Hall–Kier alpha value is -3.19. The number of nitrogens with one attached hydrogen (secondary N) is 1. The van der Waals surface area contributed by atoms with Crippen LogP contribution in [-0.2, 0) is 4.79 Å². The molecule has 8 heteroatoms. The number of hydrogen-bond donors (Lipinski definition) is 1. The first kappa shape index (κ1) is 16.7. The lowest BCUT2D eigenvalue weighted by Gasteiger charge is -2.03. The van der Waals surface area contributed by atoms with Crippen LogP contribution >= 0.6 is 11.6 Å². The summed E-state index contributed by atoms with van der Waals surface area (Å²) in [6.07, 6.45) is 4.63. The number of rotatable bonds is 4. The molecule has 0 bridgehead atoms. The maximum atomic E-state index is 12.1. The van der Waals surface area contributed by atoms with E-state index in [1.54, 1.807) is 41.8 Å². The first-order valence-corrected chi connectivity index (χ1v) is 7.70. The zero-order valence-corrected chi connectivity index (χ0v) is 13.9. The normalized spacial score (nSPS) is 11.1. The van der Waals surface area contributed by atoms with Gasteiger partial charge in [-0.3, -0.25) is 19.3 Å². The van der Waals surface area contributed by atoms with Crippen LogP contribution in [0.3, 0.4) is 0 Å². The number of aromatic nitrogens is 2. The third-order valence-electron chi connectivity index (χ3n) is 3.59. The second-order valence-corrected chi connectivity index (χ2v) is 5.66. The minimum Gasteiger partial charge on any atom is -0.322 e. The lowest BCUT2D eigenvalue weighted by Crippen LogP contribution is -2.08. The van der Waals surface area contributed by atoms with Gasteiger partial charge in [-0.25, -0.2) is 4.98 Å². The highest BCUT2D eigenvalue weighted by Crippen LogP contribution is 2.22. The molecule has 7 nitrogen and oxygen atoms in total. The molecule has 0 saturated heterocycles. The lowest BCUT2D eigenvalue weighted by molar-refractivity contribution is -0.385. The first-order valence-electron chi connectivity index (χ1n) is 7.32. The molecule has 3 rings (SSSR count). The van der Waals surface area contributed by atoms with Gasteiger partial charge in [0.1, 0.15) is 5.65 Å². The summed E-state index contributed by atoms with van der Waals surface area (Å²) < 4.78 is 1.75. The number of aryl methyl sites for hydroxylation is 1. The van der Waals surface area contributed by atoms with Crippen molar-refractivity contribution in [2.24, 2.45) is 0 Å². The van der Waals surface area contributed by atoms with Gasteiger partial charge < -0.3 is 5.32 Å². The Morgan fingerprint density at radius 2 is 2.16 bits per heavy atom. The number of carbonyl (C=O) groups is 1. The van der Waals surface area contributed by atoms with E-state index in [1.165, 1.54) is 12.1 Å². The monoisotopic (exact) mass is 356 g/mol. The molecule has 0 radical (unpaired) electrons. The fraction of sp³-hybridized carbons (Fsp3) is 0.0588. The topological polar surface area (TPSA) is 89.5 Å². The molecular weight excluding hydrogens is 344 g/mol. The van der Waals surface area contributed by atoms with Crippen LogP contribution in [0.2, 0.25) is 5.15 Å². The van der Waals surface area contributed by atoms with Crippen LogP contribution in [0, 0.1) is 17.0 Å². The highest BCUT2D eigenvalue weighted by atomic mass is 35.5. The minimum absolute atomic E-state index is 0.0494. The van der Waals surface area contributed by atoms with E-state index in [9.17, 15) is 14.9 Å². The molecule has 1 N–H and O–H groups in total. The summed E-state index contributed by atoms with van der Waals surface area (Å²) in [6, 6.07) is 9.97. The van der Waals surface area contributed by atoms with Crippen molar-refractivity contribution in [2.45, 2.75) is 6.92 Å². The van der Waals surface area contributed by atoms with Crippen LogP contribution in [-0.4, -0.2) is 20.2 Å². The van der Waals surface area contributed by atoms with Crippen molar-refractivity contribution in [1.82, 2.24) is 9.38 Å². The van der Waals surface area contributed by atoms with E-state index in [2.05, 4.69) is 10.3 Å². The smallest absolute Gasteiger partial charge is 0.274 e. The molecule has 0 aliphatic heterocycles. The van der Waals surface area contributed by atoms with Crippen molar-refractivity contribution in [3.8, 4) is 0 Å². The Balaban J connectivity index is 1.80. The number of nitro benzene ring substituents is 1. The Morgan fingerprint density at radius 1 is 1.36 bits per heavy atom. The van der Waals surface area contributed by atoms with Gasteiger partial charge in [-0.05, 0) is 31.2 Å². The molecule has 0 aliphatic carbocycles. The number of nitrogens with zero attached hydrogens (tertiary/aromatic N) is 3. The Labute approximate surface area is 147 Å². The third-order valence-corrected chi connectivity index (χ3v) is 3.87. The Kier molecular flexibility index (Phi) is 4.49. The number of halogens is 1. The van der Waals surface area contributed by atoms with Crippen LogP contribution in [0.4, 0.5) is 11.4 Å². The molecule has 0 aliphatic rings. The van der Waals surface area contributed by atoms with Gasteiger partial charge in [0, 0.05) is 29.6 Å². The third kappa shape index (κ3) is 3.51. The van der Waals surface area contributed by atoms with E-state index >= 15 is 0 Å². The first-order chi connectivity index (χ1) is 12.0. The number of nitro groups is 1. The van der Waals surface area contributed by atoms with E-state index in [1.807, 2.05) is 12.1 Å². The highest BCUT2D eigenvalue weighted by molar-refractivity contribution is 6.31. The summed E-state index contributed by atoms with van der Waals surface area (Å²) in [7, 11) is 0. The minimum atomic E-state index is -0.487. The number of carbonyl (C=O) groups excluding carboxylic acids is 1. The number of imidazole rings is 1. The molecule has 126 valence electrons. The van der Waals surface area contributed by atoms with Gasteiger partial charge in [0.2, 0.25) is 5.91 Å². The van der Waals surface area contributed by atoms with Gasteiger partial charge in [0.05, 0.1) is 10.6 Å². The molecule has 0 unspecified atom stereocenters. The van der Waals surface area contributed by atoms with Crippen LogP contribution in [0.5, 0.6) is 0 Å². The summed E-state index contributed by atoms with van der Waals surface area (Å²) in [5.41, 5.74) is 2.06. The van der Waals surface area contributed by atoms with E-state index in [0.717, 1.165) is 0 Å². The van der Waals surface area contributed by atoms with Crippen molar-refractivity contribution in [3.63, 3.8) is 0 Å². The van der Waals surface area contributed by atoms with Crippen LogP contribution < -0.4 is 5.32 Å². The average molecular weight is 357 g/mol. The standard InChI is InChI=1S/C17H13ClN4O3/c1-11-5-6-12(10-14(11)22(24)25)19-16(23)8-7-13-17(18)20-15-4-2-3-9-21(13)15/h2-10H,1H3,(H,19,23)/b8-7+. The van der Waals surface area contributed by atoms with Gasteiger partial charge >= 0.3 is 0 Å². The summed E-state index contributed by atoms with van der Waals surface area (Å²) in [5.74, 6) is -0.430. The summed E-state index contributed by atoms with van der Waals surface area (Å²) in [6.45, 7) is 1.64. The van der Waals surface area contributed by atoms with Crippen molar-refractivity contribution in [2.75, 3.05) is 5.32 Å². The fourth-order valence-electron chi connectivity index (χ4n) is 2.36. The lowest BCUT2D eigenvalue weighted by atomic mass is 10.2. The van der Waals surface area contributed by atoms with E-state index < -0.39 is 10.8 Å². The van der Waals surface area contributed by atoms with Crippen LogP contribution in [0.15, 0.2) is 48.7 Å². The second-order valence-electron chi connectivity index (χ2n) is 5.30. The molecule has 1 amide bonds. The van der Waals surface area contributed by atoms with Gasteiger partial charge in [-0.15, -0.1) is 0 Å². The van der Waals surface area contributed by atoms with Crippen LogP contribution in [0.1, 0.15) is 11.3 Å². The number of anilines is 1. The highest BCUT2D eigenvalue weighted by Gasteiger charge is 2.12.